The fourth-order valence-corrected chi connectivity index (χ4v) is 2.00. The van der Waals surface area contributed by atoms with Crippen LogP contribution in [0.4, 0.5) is 0 Å². The third-order valence-electron chi connectivity index (χ3n) is 1.67. The second-order valence-corrected chi connectivity index (χ2v) is 4.50. The fourth-order valence-electron chi connectivity index (χ4n) is 1.02. The molecule has 0 unspecified atom stereocenters. The standard InChI is InChI=1S/C6H11NO2S/c1-6(2)4(5(8)9)7-3-10-6/h4,7H,3H2,1-2H3,(H,8,9)/t4-/m1/s1. The van der Waals surface area contributed by atoms with Crippen LogP contribution in [0, 0.1) is 0 Å². The highest BCUT2D eigenvalue weighted by atomic mass is 32.2. The Kier molecular flexibility index (Phi) is 1.92. The Morgan fingerprint density at radius 1 is 1.80 bits per heavy atom. The van der Waals surface area contributed by atoms with Crippen molar-refractivity contribution in [2.45, 2.75) is 24.6 Å². The molecule has 3 nitrogen and oxygen atoms in total. The molecule has 58 valence electrons. The van der Waals surface area contributed by atoms with E-state index < -0.39 is 12.0 Å². The maximum absolute atomic E-state index is 10.5. The molecule has 1 fully saturated rings. The number of thioether (sulfide) groups is 1. The number of carboxylic acids is 1. The average molecular weight is 161 g/mol. The van der Waals surface area contributed by atoms with Crippen molar-refractivity contribution in [2.24, 2.45) is 0 Å². The van der Waals surface area contributed by atoms with Crippen LogP contribution in [0.1, 0.15) is 13.8 Å². The van der Waals surface area contributed by atoms with Crippen molar-refractivity contribution in [3.63, 3.8) is 0 Å². The Morgan fingerprint density at radius 2 is 2.40 bits per heavy atom. The number of carbonyl (C=O) groups is 1. The normalized spacial score (nSPS) is 30.4. The summed E-state index contributed by atoms with van der Waals surface area (Å²) in [5.74, 6) is -0.0146. The lowest BCUT2D eigenvalue weighted by Gasteiger charge is -2.20. The van der Waals surface area contributed by atoms with Gasteiger partial charge in [-0.15, -0.1) is 11.8 Å². The van der Waals surface area contributed by atoms with E-state index >= 15 is 0 Å². The van der Waals surface area contributed by atoms with Crippen LogP contribution in [-0.2, 0) is 4.79 Å². The summed E-state index contributed by atoms with van der Waals surface area (Å²) in [7, 11) is 0. The predicted molar refractivity (Wildman–Crippen MR) is 41.1 cm³/mol. The molecule has 1 aliphatic rings. The topological polar surface area (TPSA) is 49.3 Å². The van der Waals surface area contributed by atoms with Crippen LogP contribution in [0.15, 0.2) is 0 Å². The molecule has 4 heteroatoms. The van der Waals surface area contributed by atoms with Gasteiger partial charge in [0.05, 0.1) is 0 Å². The maximum Gasteiger partial charge on any atom is 0.322 e. The van der Waals surface area contributed by atoms with E-state index in [1.54, 1.807) is 11.8 Å². The summed E-state index contributed by atoms with van der Waals surface area (Å²) in [6.07, 6.45) is 0. The van der Waals surface area contributed by atoms with E-state index in [0.717, 1.165) is 5.88 Å². The lowest BCUT2D eigenvalue weighted by molar-refractivity contribution is -0.139. The zero-order valence-corrected chi connectivity index (χ0v) is 6.86. The van der Waals surface area contributed by atoms with Gasteiger partial charge in [-0.2, -0.15) is 0 Å². The summed E-state index contributed by atoms with van der Waals surface area (Å²) < 4.78 is -0.161. The van der Waals surface area contributed by atoms with Crippen molar-refractivity contribution in [1.82, 2.24) is 5.32 Å². The molecule has 0 aliphatic carbocycles. The number of carboxylic acid groups (broad SMARTS) is 1. The van der Waals surface area contributed by atoms with Crippen LogP contribution >= 0.6 is 11.8 Å². The van der Waals surface area contributed by atoms with Crippen molar-refractivity contribution in [3.8, 4) is 0 Å². The second kappa shape index (κ2) is 2.43. The minimum atomic E-state index is -0.755. The average Bonchev–Trinajstić information content (AvgIpc) is 2.08. The zero-order valence-electron chi connectivity index (χ0n) is 6.05. The second-order valence-electron chi connectivity index (χ2n) is 2.87. The van der Waals surface area contributed by atoms with Gasteiger partial charge >= 0.3 is 5.97 Å². The third kappa shape index (κ3) is 1.27. The van der Waals surface area contributed by atoms with E-state index in [4.69, 9.17) is 5.11 Å². The molecule has 1 rings (SSSR count). The molecular weight excluding hydrogens is 150 g/mol. The molecule has 2 N–H and O–H groups in total. The first kappa shape index (κ1) is 7.88. The van der Waals surface area contributed by atoms with Crippen molar-refractivity contribution < 1.29 is 9.90 Å². The van der Waals surface area contributed by atoms with Gasteiger partial charge in [-0.25, -0.2) is 0 Å². The van der Waals surface area contributed by atoms with Crippen LogP contribution in [0.3, 0.4) is 0 Å². The van der Waals surface area contributed by atoms with Gasteiger partial charge in [0.15, 0.2) is 0 Å². The van der Waals surface area contributed by atoms with Crippen LogP contribution in [-0.4, -0.2) is 27.7 Å². The summed E-state index contributed by atoms with van der Waals surface area (Å²) in [4.78, 5) is 10.5. The molecule has 1 heterocycles. The van der Waals surface area contributed by atoms with Crippen molar-refractivity contribution in [3.05, 3.63) is 0 Å². The van der Waals surface area contributed by atoms with E-state index in [2.05, 4.69) is 5.32 Å². The summed E-state index contributed by atoms with van der Waals surface area (Å²) >= 11 is 1.64. The monoisotopic (exact) mass is 161 g/mol. The van der Waals surface area contributed by atoms with Gasteiger partial charge in [0.2, 0.25) is 0 Å². The highest BCUT2D eigenvalue weighted by Crippen LogP contribution is 2.32. The summed E-state index contributed by atoms with van der Waals surface area (Å²) in [5.41, 5.74) is 0. The van der Waals surface area contributed by atoms with Gasteiger partial charge in [0.25, 0.3) is 0 Å². The Bertz CT molecular complexity index is 158. The molecule has 1 atom stereocenters. The van der Waals surface area contributed by atoms with E-state index in [1.165, 1.54) is 0 Å². The van der Waals surface area contributed by atoms with Gasteiger partial charge in [-0.3, -0.25) is 10.1 Å². The van der Waals surface area contributed by atoms with E-state index in [1.807, 2.05) is 13.8 Å². The smallest absolute Gasteiger partial charge is 0.322 e. The molecule has 0 amide bonds. The minimum Gasteiger partial charge on any atom is -0.480 e. The van der Waals surface area contributed by atoms with E-state index in [9.17, 15) is 4.79 Å². The first-order valence-electron chi connectivity index (χ1n) is 3.14. The minimum absolute atomic E-state index is 0.161. The highest BCUT2D eigenvalue weighted by molar-refractivity contribution is 8.00. The van der Waals surface area contributed by atoms with Crippen molar-refractivity contribution >= 4 is 17.7 Å². The number of rotatable bonds is 1. The molecule has 0 aromatic rings. The van der Waals surface area contributed by atoms with Gasteiger partial charge in [0.1, 0.15) is 6.04 Å². The van der Waals surface area contributed by atoms with Crippen molar-refractivity contribution in [2.75, 3.05) is 5.88 Å². The largest absolute Gasteiger partial charge is 0.480 e. The van der Waals surface area contributed by atoms with E-state index in [0.29, 0.717) is 0 Å². The molecule has 0 bridgehead atoms. The Balaban J connectivity index is 2.68. The Morgan fingerprint density at radius 3 is 2.60 bits per heavy atom. The molecule has 0 radical (unpaired) electrons. The lowest BCUT2D eigenvalue weighted by atomic mass is 10.0. The highest BCUT2D eigenvalue weighted by Gasteiger charge is 2.39. The Labute approximate surface area is 64.2 Å². The molecular formula is C6H11NO2S. The Hall–Kier alpha value is -0.220. The predicted octanol–water partition coefficient (Wildman–Crippen LogP) is 0.512. The molecule has 1 saturated heterocycles. The van der Waals surface area contributed by atoms with Crippen molar-refractivity contribution in [1.29, 1.82) is 0 Å². The summed E-state index contributed by atoms with van der Waals surface area (Å²) in [6.45, 7) is 3.88. The van der Waals surface area contributed by atoms with Crippen LogP contribution in [0.5, 0.6) is 0 Å². The van der Waals surface area contributed by atoms with Crippen LogP contribution in [0.2, 0.25) is 0 Å². The first-order valence-corrected chi connectivity index (χ1v) is 4.13. The third-order valence-corrected chi connectivity index (χ3v) is 2.96. The number of nitrogens with one attached hydrogen (secondary N) is 1. The first-order chi connectivity index (χ1) is 4.54. The molecule has 0 aromatic heterocycles. The maximum atomic E-state index is 10.5. The fraction of sp³-hybridized carbons (Fsp3) is 0.833. The quantitative estimate of drug-likeness (QED) is 0.588. The number of hydrogen-bond donors (Lipinski definition) is 2. The summed E-state index contributed by atoms with van der Waals surface area (Å²) in [5, 5.41) is 11.6. The molecule has 0 aromatic carbocycles. The number of hydrogen-bond acceptors (Lipinski definition) is 3. The van der Waals surface area contributed by atoms with Gasteiger partial charge in [-0.05, 0) is 13.8 Å². The molecule has 10 heavy (non-hydrogen) atoms. The SMILES string of the molecule is CC1(C)SCN[C@@H]1C(=O)O. The molecule has 1 aliphatic heterocycles. The molecule has 0 spiro atoms. The van der Waals surface area contributed by atoms with Gasteiger partial charge < -0.3 is 5.11 Å². The zero-order chi connectivity index (χ0) is 7.78. The van der Waals surface area contributed by atoms with E-state index in [-0.39, 0.29) is 4.75 Å². The molecule has 0 saturated carbocycles. The number of aliphatic carboxylic acids is 1. The van der Waals surface area contributed by atoms with Gasteiger partial charge in [-0.1, -0.05) is 0 Å². The lowest BCUT2D eigenvalue weighted by Crippen LogP contribution is -2.43. The van der Waals surface area contributed by atoms with Crippen LogP contribution in [0.25, 0.3) is 0 Å². The van der Waals surface area contributed by atoms with Gasteiger partial charge in [0, 0.05) is 10.6 Å². The summed E-state index contributed by atoms with van der Waals surface area (Å²) in [6, 6.07) is -0.391. The van der Waals surface area contributed by atoms with Crippen LogP contribution < -0.4 is 5.32 Å².